The van der Waals surface area contributed by atoms with Gasteiger partial charge in [0.1, 0.15) is 0 Å². The molecule has 22 heavy (non-hydrogen) atoms. The van der Waals surface area contributed by atoms with Crippen LogP contribution in [0.5, 0.6) is 11.5 Å². The van der Waals surface area contributed by atoms with Gasteiger partial charge < -0.3 is 14.8 Å². The molecule has 2 heterocycles. The summed E-state index contributed by atoms with van der Waals surface area (Å²) >= 11 is 1.69. The summed E-state index contributed by atoms with van der Waals surface area (Å²) in [6.45, 7) is 4.93. The highest BCUT2D eigenvalue weighted by molar-refractivity contribution is 7.11. The first kappa shape index (κ1) is 14.8. The van der Waals surface area contributed by atoms with E-state index < -0.39 is 0 Å². The lowest BCUT2D eigenvalue weighted by molar-refractivity contribution is -0.120. The molecular weight excluding hydrogens is 300 g/mol. The van der Waals surface area contributed by atoms with Crippen LogP contribution in [0.1, 0.15) is 21.1 Å². The van der Waals surface area contributed by atoms with E-state index in [0.717, 1.165) is 28.4 Å². The first-order valence-corrected chi connectivity index (χ1v) is 8.01. The smallest absolute Gasteiger partial charge is 0.231 e. The molecule has 0 atom stereocenters. The van der Waals surface area contributed by atoms with Crippen LogP contribution in [0.4, 0.5) is 0 Å². The zero-order valence-corrected chi connectivity index (χ0v) is 13.5. The van der Waals surface area contributed by atoms with E-state index in [2.05, 4.69) is 17.2 Å². The van der Waals surface area contributed by atoms with E-state index in [1.807, 2.05) is 25.1 Å². The van der Waals surface area contributed by atoms with Crippen LogP contribution in [0.25, 0.3) is 0 Å². The summed E-state index contributed by atoms with van der Waals surface area (Å²) in [7, 11) is 0. The number of nitrogens with one attached hydrogen (secondary N) is 1. The third kappa shape index (κ3) is 3.39. The maximum absolute atomic E-state index is 12.0. The minimum Gasteiger partial charge on any atom is -0.454 e. The maximum atomic E-state index is 12.0. The lowest BCUT2D eigenvalue weighted by Crippen LogP contribution is -2.27. The number of carbonyl (C=O) groups excluding carboxylic acids is 1. The molecule has 0 radical (unpaired) electrons. The molecular formula is C16H18N2O3S. The van der Waals surface area contributed by atoms with Crippen molar-refractivity contribution in [2.75, 3.05) is 13.3 Å². The van der Waals surface area contributed by atoms with Crippen LogP contribution in [0.3, 0.4) is 0 Å². The highest BCUT2D eigenvalue weighted by Gasteiger charge is 2.14. The molecule has 1 aromatic heterocycles. The van der Waals surface area contributed by atoms with Gasteiger partial charge in [0.25, 0.3) is 0 Å². The summed E-state index contributed by atoms with van der Waals surface area (Å²) in [6, 6.07) is 5.59. The number of rotatable bonds is 5. The summed E-state index contributed by atoms with van der Waals surface area (Å²) in [5.74, 6) is 1.45. The maximum Gasteiger partial charge on any atom is 0.231 e. The number of aryl methyl sites for hydroxylation is 2. The molecule has 1 aromatic carbocycles. The predicted molar refractivity (Wildman–Crippen MR) is 84.6 cm³/mol. The lowest BCUT2D eigenvalue weighted by Gasteiger charge is -2.05. The summed E-state index contributed by atoms with van der Waals surface area (Å²) in [4.78, 5) is 17.7. The topological polar surface area (TPSA) is 60.5 Å². The van der Waals surface area contributed by atoms with Crippen molar-refractivity contribution in [1.29, 1.82) is 0 Å². The van der Waals surface area contributed by atoms with Crippen LogP contribution in [0.15, 0.2) is 18.2 Å². The molecule has 116 valence electrons. The molecule has 1 aliphatic heterocycles. The van der Waals surface area contributed by atoms with E-state index in [4.69, 9.17) is 9.47 Å². The fourth-order valence-electron chi connectivity index (χ4n) is 2.25. The number of amides is 1. The summed E-state index contributed by atoms with van der Waals surface area (Å²) in [5.41, 5.74) is 1.99. The van der Waals surface area contributed by atoms with Gasteiger partial charge in [0.05, 0.1) is 17.1 Å². The Balaban J connectivity index is 1.48. The molecule has 0 saturated carbocycles. The van der Waals surface area contributed by atoms with Gasteiger partial charge in [0.2, 0.25) is 12.7 Å². The molecule has 6 heteroatoms. The second-order valence-electron chi connectivity index (χ2n) is 5.21. The molecule has 0 unspecified atom stereocenters. The van der Waals surface area contributed by atoms with Crippen LogP contribution in [0, 0.1) is 13.8 Å². The third-order valence-electron chi connectivity index (χ3n) is 3.54. The number of fused-ring (bicyclic) bond motifs is 1. The second kappa shape index (κ2) is 6.36. The minimum absolute atomic E-state index is 0.00358. The molecule has 0 saturated heterocycles. The Morgan fingerprint density at radius 2 is 2.14 bits per heavy atom. The van der Waals surface area contributed by atoms with E-state index >= 15 is 0 Å². The van der Waals surface area contributed by atoms with Crippen LogP contribution < -0.4 is 14.8 Å². The van der Waals surface area contributed by atoms with Crippen molar-refractivity contribution in [2.24, 2.45) is 0 Å². The van der Waals surface area contributed by atoms with Gasteiger partial charge in [-0.15, -0.1) is 11.3 Å². The Morgan fingerprint density at radius 1 is 1.32 bits per heavy atom. The third-order valence-corrected chi connectivity index (χ3v) is 4.67. The van der Waals surface area contributed by atoms with Gasteiger partial charge in [-0.05, 0) is 31.5 Å². The predicted octanol–water partition coefficient (Wildman–Crippen LogP) is 2.39. The number of aromatic nitrogens is 1. The van der Waals surface area contributed by atoms with Crippen LogP contribution in [-0.4, -0.2) is 24.2 Å². The fraction of sp³-hybridized carbons (Fsp3) is 0.375. The van der Waals surface area contributed by atoms with Gasteiger partial charge in [0, 0.05) is 17.8 Å². The fourth-order valence-corrected chi connectivity index (χ4v) is 3.19. The number of ether oxygens (including phenoxy) is 2. The van der Waals surface area contributed by atoms with Crippen LogP contribution in [-0.2, 0) is 17.6 Å². The molecule has 1 N–H and O–H groups in total. The van der Waals surface area contributed by atoms with Crippen LogP contribution in [0.2, 0.25) is 0 Å². The van der Waals surface area contributed by atoms with Crippen molar-refractivity contribution in [3.8, 4) is 11.5 Å². The molecule has 1 aliphatic rings. The normalized spacial score (nSPS) is 12.5. The molecule has 1 amide bonds. The Bertz CT molecular complexity index is 677. The number of nitrogens with zero attached hydrogens (tertiary/aromatic N) is 1. The molecule has 0 aliphatic carbocycles. The standard InChI is InChI=1S/C16H18N2O3S/c1-10-11(2)22-16(18-10)5-6-17-15(19)8-12-3-4-13-14(7-12)21-9-20-13/h3-4,7H,5-6,8-9H2,1-2H3,(H,17,19). The summed E-state index contributed by atoms with van der Waals surface area (Å²) < 4.78 is 10.6. The van der Waals surface area contributed by atoms with E-state index in [0.29, 0.717) is 18.7 Å². The number of benzene rings is 1. The Hall–Kier alpha value is -2.08. The summed E-state index contributed by atoms with van der Waals surface area (Å²) in [5, 5.41) is 4.00. The SMILES string of the molecule is Cc1nc(CCNC(=O)Cc2ccc3c(c2)OCO3)sc1C. The Labute approximate surface area is 133 Å². The number of thiazole rings is 1. The number of hydrogen-bond acceptors (Lipinski definition) is 5. The minimum atomic E-state index is 0.00358. The second-order valence-corrected chi connectivity index (χ2v) is 6.50. The van der Waals surface area contributed by atoms with Crippen molar-refractivity contribution in [3.05, 3.63) is 39.3 Å². The Kier molecular flexibility index (Phi) is 4.29. The van der Waals surface area contributed by atoms with Gasteiger partial charge in [-0.25, -0.2) is 4.98 Å². The highest BCUT2D eigenvalue weighted by Crippen LogP contribution is 2.32. The quantitative estimate of drug-likeness (QED) is 0.919. The average molecular weight is 318 g/mol. The molecule has 0 spiro atoms. The zero-order chi connectivity index (χ0) is 15.5. The van der Waals surface area contributed by atoms with Crippen molar-refractivity contribution < 1.29 is 14.3 Å². The van der Waals surface area contributed by atoms with Crippen molar-refractivity contribution in [1.82, 2.24) is 10.3 Å². The highest BCUT2D eigenvalue weighted by atomic mass is 32.1. The molecule has 3 rings (SSSR count). The first-order chi connectivity index (χ1) is 10.6. The van der Waals surface area contributed by atoms with Gasteiger partial charge in [-0.3, -0.25) is 4.79 Å². The first-order valence-electron chi connectivity index (χ1n) is 7.20. The van der Waals surface area contributed by atoms with E-state index in [1.165, 1.54) is 4.88 Å². The van der Waals surface area contributed by atoms with Crippen LogP contribution >= 0.6 is 11.3 Å². The van der Waals surface area contributed by atoms with Crippen molar-refractivity contribution in [3.63, 3.8) is 0 Å². The van der Waals surface area contributed by atoms with E-state index in [-0.39, 0.29) is 12.7 Å². The van der Waals surface area contributed by atoms with Crippen molar-refractivity contribution in [2.45, 2.75) is 26.7 Å². The molecule has 0 bridgehead atoms. The monoisotopic (exact) mass is 318 g/mol. The number of hydrogen-bond donors (Lipinski definition) is 1. The van der Waals surface area contributed by atoms with Gasteiger partial charge in [-0.2, -0.15) is 0 Å². The lowest BCUT2D eigenvalue weighted by atomic mass is 10.1. The summed E-state index contributed by atoms with van der Waals surface area (Å²) in [6.07, 6.45) is 1.11. The van der Waals surface area contributed by atoms with E-state index in [1.54, 1.807) is 11.3 Å². The molecule has 5 nitrogen and oxygen atoms in total. The molecule has 2 aromatic rings. The number of carbonyl (C=O) groups is 1. The van der Waals surface area contributed by atoms with Gasteiger partial charge in [-0.1, -0.05) is 6.07 Å². The van der Waals surface area contributed by atoms with E-state index in [9.17, 15) is 4.79 Å². The largest absolute Gasteiger partial charge is 0.454 e. The zero-order valence-electron chi connectivity index (χ0n) is 12.6. The van der Waals surface area contributed by atoms with Crippen molar-refractivity contribution >= 4 is 17.2 Å². The Morgan fingerprint density at radius 3 is 2.91 bits per heavy atom. The average Bonchev–Trinajstić information content (AvgIpc) is 3.05. The van der Waals surface area contributed by atoms with Gasteiger partial charge in [0.15, 0.2) is 11.5 Å². The molecule has 0 fully saturated rings. The van der Waals surface area contributed by atoms with Gasteiger partial charge >= 0.3 is 0 Å².